The topological polar surface area (TPSA) is 0 Å². The standard InChI is InChI=1S/C29H37.C15H8F6.C11H17.2ClH.Zr/c1-18-25-22-17-19-13-9-10-14-20(19)24(22)21-15-11-12-16-23(21)29(25,8)28(6,7)27(4,5)26(18,2)3;16-14(17,18)12-5-1-3-10(8-12)7-11-4-2-6-13(9-11)15(19,20)21;1-5-9-6-7-10(8-9)11(2,3)4;;;/h9-11,13-15,23H,12,16-17H2,1-8H3;1-6,8-9H;6-8H,5H2,1-4H3;2*1H;/q-1;;-1;;;+2/p-2. The van der Waals surface area contributed by atoms with Crippen LogP contribution in [0.5, 0.6) is 0 Å². The predicted molar refractivity (Wildman–Crippen MR) is 241 cm³/mol. The minimum Gasteiger partial charge on any atom is -1.00 e. The molecule has 4 aliphatic rings. The van der Waals surface area contributed by atoms with Crippen molar-refractivity contribution < 1.29 is 75.4 Å². The Bertz CT molecular complexity index is 2370. The molecule has 64 heavy (non-hydrogen) atoms. The van der Waals surface area contributed by atoms with Gasteiger partial charge in [0.2, 0.25) is 0 Å². The van der Waals surface area contributed by atoms with Gasteiger partial charge in [-0.15, -0.1) is 6.92 Å². The quantitative estimate of drug-likeness (QED) is 0.142. The summed E-state index contributed by atoms with van der Waals surface area (Å²) >= 11 is 0.729. The zero-order chi connectivity index (χ0) is 46.0. The fraction of sp³-hybridized carbons (Fsp3) is 0.436. The number of allylic oxidation sites excluding steroid dienone is 6. The molecule has 4 aromatic rings. The van der Waals surface area contributed by atoms with Gasteiger partial charge in [0.05, 0.1) is 0 Å². The van der Waals surface area contributed by atoms with Crippen molar-refractivity contribution in [2.75, 3.05) is 0 Å². The van der Waals surface area contributed by atoms with Gasteiger partial charge in [-0.05, 0) is 40.6 Å². The summed E-state index contributed by atoms with van der Waals surface area (Å²) in [6.07, 6.45) is 0.679. The molecule has 0 spiro atoms. The van der Waals surface area contributed by atoms with Gasteiger partial charge in [-0.1, -0.05) is 153 Å². The molecule has 0 N–H and O–H groups in total. The molecule has 0 aliphatic heterocycles. The van der Waals surface area contributed by atoms with E-state index in [1.165, 1.54) is 59.4 Å². The second kappa shape index (κ2) is 19.0. The number of halogens is 8. The zero-order valence-corrected chi connectivity index (χ0v) is 43.2. The summed E-state index contributed by atoms with van der Waals surface area (Å²) < 4.78 is 76.7. The zero-order valence-electron chi connectivity index (χ0n) is 39.2. The van der Waals surface area contributed by atoms with Crippen molar-refractivity contribution in [1.82, 2.24) is 0 Å². The number of aryl methyl sites for hydroxylation is 1. The van der Waals surface area contributed by atoms with E-state index >= 15 is 0 Å². The Morgan fingerprint density at radius 1 is 0.750 bits per heavy atom. The van der Waals surface area contributed by atoms with Gasteiger partial charge in [-0.3, -0.25) is 0 Å². The minimum atomic E-state index is -4.49. The van der Waals surface area contributed by atoms with Gasteiger partial charge in [0.25, 0.3) is 0 Å². The SMILES string of the molecule is CCc1cc(C(C)(C)C)c[cH-]1.C[C-]1C2=C3Cc4ccccc4C3=C3C=CCCC3C2(C)C(C)(C)C(C)(C)C1(C)C.FC(F)(F)c1cccc([C](=[Zr+2])c2cccc(C(F)(F)F)c2)c1.[Cl-].[Cl-]. The van der Waals surface area contributed by atoms with Crippen LogP contribution < -0.4 is 24.8 Å². The molecule has 2 unspecified atom stereocenters. The summed E-state index contributed by atoms with van der Waals surface area (Å²) in [4.78, 5) is 0. The predicted octanol–water partition coefficient (Wildman–Crippen LogP) is 10.1. The van der Waals surface area contributed by atoms with Gasteiger partial charge in [-0.2, -0.15) is 34.4 Å². The van der Waals surface area contributed by atoms with E-state index in [-0.39, 0.29) is 57.6 Å². The van der Waals surface area contributed by atoms with Crippen LogP contribution in [0.15, 0.2) is 120 Å². The Labute approximate surface area is 406 Å². The molecule has 0 aromatic heterocycles. The fourth-order valence-corrected chi connectivity index (χ4v) is 11.4. The first-order valence-corrected chi connectivity index (χ1v) is 23.1. The van der Waals surface area contributed by atoms with E-state index in [4.69, 9.17) is 0 Å². The number of benzene rings is 3. The number of fused-ring (bicyclic) bond motifs is 6. The van der Waals surface area contributed by atoms with Crippen molar-refractivity contribution in [3.8, 4) is 0 Å². The third kappa shape index (κ3) is 9.44. The maximum absolute atomic E-state index is 12.7. The van der Waals surface area contributed by atoms with Crippen molar-refractivity contribution >= 4 is 8.78 Å². The molecule has 0 heterocycles. The van der Waals surface area contributed by atoms with Gasteiger partial charge >= 0.3 is 137 Å². The second-order valence-electron chi connectivity index (χ2n) is 20.4. The van der Waals surface area contributed by atoms with E-state index in [1.54, 1.807) is 28.2 Å². The molecule has 8 rings (SSSR count). The molecular formula is C55H62Cl2F6Zr-2. The van der Waals surface area contributed by atoms with Crippen molar-refractivity contribution in [1.29, 1.82) is 0 Å². The molecule has 1 fully saturated rings. The average molecular weight is 999 g/mol. The van der Waals surface area contributed by atoms with E-state index < -0.39 is 23.5 Å². The van der Waals surface area contributed by atoms with Crippen molar-refractivity contribution in [3.63, 3.8) is 0 Å². The fourth-order valence-electron chi connectivity index (χ4n) is 10.6. The molecule has 0 bridgehead atoms. The molecule has 9 heteroatoms. The molecular weight excluding hydrogens is 937 g/mol. The molecule has 2 atom stereocenters. The molecule has 0 radical (unpaired) electrons. The van der Waals surface area contributed by atoms with Crippen LogP contribution in [0.3, 0.4) is 0 Å². The van der Waals surface area contributed by atoms with Crippen molar-refractivity contribution in [2.24, 2.45) is 27.6 Å². The van der Waals surface area contributed by atoms with E-state index in [1.807, 2.05) is 0 Å². The van der Waals surface area contributed by atoms with Crippen LogP contribution in [0, 0.1) is 33.5 Å². The molecule has 0 amide bonds. The molecule has 4 aromatic carbocycles. The van der Waals surface area contributed by atoms with Gasteiger partial charge in [0.15, 0.2) is 0 Å². The summed E-state index contributed by atoms with van der Waals surface area (Å²) in [5.41, 5.74) is 12.4. The third-order valence-corrected chi connectivity index (χ3v) is 17.3. The van der Waals surface area contributed by atoms with Gasteiger partial charge in [0.1, 0.15) is 0 Å². The first-order chi connectivity index (χ1) is 28.6. The molecule has 0 nitrogen and oxygen atoms in total. The van der Waals surface area contributed by atoms with Crippen molar-refractivity contribution in [3.05, 3.63) is 170 Å². The number of hydrogen-bond donors (Lipinski definition) is 0. The Hall–Kier alpha value is -2.99. The van der Waals surface area contributed by atoms with Crippen LogP contribution in [0.25, 0.3) is 5.57 Å². The maximum atomic E-state index is 12.7. The van der Waals surface area contributed by atoms with Crippen LogP contribution in [-0.2, 0) is 54.8 Å². The molecule has 0 saturated heterocycles. The van der Waals surface area contributed by atoms with E-state index in [2.05, 4.69) is 138 Å². The number of rotatable bonds is 3. The molecule has 1 saturated carbocycles. The summed E-state index contributed by atoms with van der Waals surface area (Å²) in [7, 11) is 0. The first kappa shape index (κ1) is 53.6. The Morgan fingerprint density at radius 3 is 1.78 bits per heavy atom. The summed E-state index contributed by atoms with van der Waals surface area (Å²) in [6, 6.07) is 25.1. The Balaban J connectivity index is 0.000000228. The third-order valence-electron chi connectivity index (χ3n) is 15.8. The summed E-state index contributed by atoms with van der Waals surface area (Å²) in [6.45, 7) is 29.2. The number of hydrogen-bond acceptors (Lipinski definition) is 0. The first-order valence-electron chi connectivity index (χ1n) is 21.9. The smallest absolute Gasteiger partial charge is 1.00 e. The van der Waals surface area contributed by atoms with Crippen LogP contribution in [0.4, 0.5) is 26.3 Å². The van der Waals surface area contributed by atoms with Crippen LogP contribution in [0.1, 0.15) is 140 Å². The normalized spacial score (nSPS) is 21.4. The van der Waals surface area contributed by atoms with Crippen molar-refractivity contribution in [2.45, 2.75) is 127 Å². The summed E-state index contributed by atoms with van der Waals surface area (Å²) in [5, 5.41) is 0. The monoisotopic (exact) mass is 996 g/mol. The molecule has 344 valence electrons. The number of alkyl halides is 6. The molecule has 4 aliphatic carbocycles. The van der Waals surface area contributed by atoms with Gasteiger partial charge < -0.3 is 24.8 Å². The average Bonchev–Trinajstić information content (AvgIpc) is 3.86. The second-order valence-corrected chi connectivity index (χ2v) is 21.6. The Morgan fingerprint density at radius 2 is 1.30 bits per heavy atom. The largest absolute Gasteiger partial charge is 1.00 e. The Kier molecular flexibility index (Phi) is 15.9. The summed E-state index contributed by atoms with van der Waals surface area (Å²) in [5.74, 6) is 2.24. The van der Waals surface area contributed by atoms with E-state index in [9.17, 15) is 26.3 Å². The van der Waals surface area contributed by atoms with Gasteiger partial charge in [-0.25, -0.2) is 12.0 Å². The van der Waals surface area contributed by atoms with Crippen LogP contribution in [-0.4, -0.2) is 3.21 Å². The minimum absolute atomic E-state index is 0. The van der Waals surface area contributed by atoms with Gasteiger partial charge in [0, 0.05) is 0 Å². The van der Waals surface area contributed by atoms with Crippen LogP contribution >= 0.6 is 0 Å². The van der Waals surface area contributed by atoms with E-state index in [0.29, 0.717) is 14.5 Å². The van der Waals surface area contributed by atoms with E-state index in [0.717, 1.165) is 61.3 Å². The maximum Gasteiger partial charge on any atom is -1.00 e. The van der Waals surface area contributed by atoms with Crippen LogP contribution in [0.2, 0.25) is 0 Å².